The smallest absolute Gasteiger partial charge is 0.158 e. The minimum atomic E-state index is 0.173. The third-order valence-corrected chi connectivity index (χ3v) is 3.83. The molecule has 6 heteroatoms. The lowest BCUT2D eigenvalue weighted by Gasteiger charge is -2.19. The highest BCUT2D eigenvalue weighted by Crippen LogP contribution is 2.26. The zero-order valence-corrected chi connectivity index (χ0v) is 14.0. The molecule has 3 aromatic heterocycles. The predicted molar refractivity (Wildman–Crippen MR) is 89.8 cm³/mol. The lowest BCUT2D eigenvalue weighted by molar-refractivity contribution is 0.190. The van der Waals surface area contributed by atoms with E-state index in [1.165, 1.54) is 0 Å². The highest BCUT2D eigenvalue weighted by Gasteiger charge is 2.17. The first-order valence-electron chi connectivity index (χ1n) is 7.82. The molecule has 1 atom stereocenters. The van der Waals surface area contributed by atoms with Crippen molar-refractivity contribution in [3.63, 3.8) is 0 Å². The standard InChI is InChI=1S/C17H22N4O2/c1-5-13-12(3)19-16-9-14(15-7-6-8-23-15)20-21(16)17(13)18-11(2)10-22-4/h6-9,11,18H,5,10H2,1-4H3. The largest absolute Gasteiger partial charge is 0.463 e. The molecule has 0 aliphatic heterocycles. The first kappa shape index (κ1) is 15.6. The number of nitrogens with zero attached hydrogens (tertiary/aromatic N) is 3. The van der Waals surface area contributed by atoms with Crippen LogP contribution in [0.15, 0.2) is 28.9 Å². The fourth-order valence-corrected chi connectivity index (χ4v) is 2.80. The predicted octanol–water partition coefficient (Wildman–Crippen LogP) is 3.31. The maximum atomic E-state index is 5.45. The zero-order chi connectivity index (χ0) is 16.4. The molecule has 0 saturated heterocycles. The molecule has 3 rings (SSSR count). The quantitative estimate of drug-likeness (QED) is 0.756. The van der Waals surface area contributed by atoms with Gasteiger partial charge in [0.05, 0.1) is 12.9 Å². The van der Waals surface area contributed by atoms with E-state index < -0.39 is 0 Å². The monoisotopic (exact) mass is 314 g/mol. The summed E-state index contributed by atoms with van der Waals surface area (Å²) in [7, 11) is 1.70. The number of ether oxygens (including phenoxy) is 1. The molecule has 23 heavy (non-hydrogen) atoms. The van der Waals surface area contributed by atoms with Crippen molar-refractivity contribution in [2.24, 2.45) is 0 Å². The number of aromatic nitrogens is 3. The number of rotatable bonds is 6. The lowest BCUT2D eigenvalue weighted by Crippen LogP contribution is -2.24. The average molecular weight is 314 g/mol. The van der Waals surface area contributed by atoms with Crippen LogP contribution in [0.3, 0.4) is 0 Å². The number of hydrogen-bond acceptors (Lipinski definition) is 5. The average Bonchev–Trinajstić information content (AvgIpc) is 3.16. The van der Waals surface area contributed by atoms with Gasteiger partial charge in [-0.3, -0.25) is 0 Å². The Kier molecular flexibility index (Phi) is 4.34. The Balaban J connectivity index is 2.13. The Bertz CT molecular complexity index is 793. The van der Waals surface area contributed by atoms with Crippen LogP contribution in [0.25, 0.3) is 17.1 Å². The molecule has 0 amide bonds. The maximum Gasteiger partial charge on any atom is 0.158 e. The van der Waals surface area contributed by atoms with Gasteiger partial charge in [0.1, 0.15) is 11.5 Å². The fourth-order valence-electron chi connectivity index (χ4n) is 2.80. The fraction of sp³-hybridized carbons (Fsp3) is 0.412. The van der Waals surface area contributed by atoms with Gasteiger partial charge >= 0.3 is 0 Å². The summed E-state index contributed by atoms with van der Waals surface area (Å²) in [5.41, 5.74) is 3.75. The summed E-state index contributed by atoms with van der Waals surface area (Å²) < 4.78 is 12.5. The van der Waals surface area contributed by atoms with Crippen LogP contribution < -0.4 is 5.32 Å². The topological polar surface area (TPSA) is 64.6 Å². The first-order valence-corrected chi connectivity index (χ1v) is 7.82. The molecule has 3 heterocycles. The second kappa shape index (κ2) is 6.42. The number of fused-ring (bicyclic) bond motifs is 1. The van der Waals surface area contributed by atoms with Gasteiger partial charge < -0.3 is 14.5 Å². The van der Waals surface area contributed by atoms with Gasteiger partial charge in [-0.15, -0.1) is 0 Å². The highest BCUT2D eigenvalue weighted by molar-refractivity contribution is 5.63. The Morgan fingerprint density at radius 1 is 1.43 bits per heavy atom. The van der Waals surface area contributed by atoms with E-state index in [1.807, 2.05) is 29.6 Å². The van der Waals surface area contributed by atoms with E-state index in [2.05, 4.69) is 29.2 Å². The lowest BCUT2D eigenvalue weighted by atomic mass is 10.1. The van der Waals surface area contributed by atoms with Crippen LogP contribution in [0.4, 0.5) is 5.82 Å². The molecule has 6 nitrogen and oxygen atoms in total. The van der Waals surface area contributed by atoms with Gasteiger partial charge in [0.15, 0.2) is 11.4 Å². The van der Waals surface area contributed by atoms with Crippen molar-refractivity contribution in [1.82, 2.24) is 14.6 Å². The number of aryl methyl sites for hydroxylation is 1. The van der Waals surface area contributed by atoms with E-state index in [1.54, 1.807) is 13.4 Å². The molecule has 122 valence electrons. The Labute approximate surface area is 135 Å². The highest BCUT2D eigenvalue weighted by atomic mass is 16.5. The van der Waals surface area contributed by atoms with Gasteiger partial charge in [-0.2, -0.15) is 9.61 Å². The third kappa shape index (κ3) is 2.94. The Morgan fingerprint density at radius 2 is 2.26 bits per heavy atom. The maximum absolute atomic E-state index is 5.45. The van der Waals surface area contributed by atoms with Crippen molar-refractivity contribution in [2.45, 2.75) is 33.2 Å². The SMILES string of the molecule is CCc1c(C)nc2cc(-c3ccco3)nn2c1NC(C)COC. The third-order valence-electron chi connectivity index (χ3n) is 3.83. The van der Waals surface area contributed by atoms with Gasteiger partial charge in [0.2, 0.25) is 0 Å². The summed E-state index contributed by atoms with van der Waals surface area (Å²) >= 11 is 0. The number of furan rings is 1. The van der Waals surface area contributed by atoms with Crippen LogP contribution >= 0.6 is 0 Å². The van der Waals surface area contributed by atoms with E-state index in [0.717, 1.165) is 40.6 Å². The van der Waals surface area contributed by atoms with Crippen LogP contribution in [-0.4, -0.2) is 34.4 Å². The van der Waals surface area contributed by atoms with Crippen molar-refractivity contribution in [1.29, 1.82) is 0 Å². The van der Waals surface area contributed by atoms with Crippen LogP contribution in [0, 0.1) is 6.92 Å². The normalized spacial score (nSPS) is 12.7. The molecule has 1 unspecified atom stereocenters. The molecule has 0 bridgehead atoms. The van der Waals surface area contributed by atoms with E-state index in [9.17, 15) is 0 Å². The second-order valence-corrected chi connectivity index (χ2v) is 5.66. The van der Waals surface area contributed by atoms with Gasteiger partial charge in [-0.05, 0) is 32.4 Å². The van der Waals surface area contributed by atoms with Crippen LogP contribution in [-0.2, 0) is 11.2 Å². The molecule has 0 aromatic carbocycles. The van der Waals surface area contributed by atoms with E-state index >= 15 is 0 Å². The van der Waals surface area contributed by atoms with Gasteiger partial charge in [-0.1, -0.05) is 6.92 Å². The summed E-state index contributed by atoms with van der Waals surface area (Å²) in [6, 6.07) is 5.87. The zero-order valence-electron chi connectivity index (χ0n) is 14.0. The molecule has 0 aliphatic rings. The molecule has 0 aliphatic carbocycles. The van der Waals surface area contributed by atoms with E-state index in [4.69, 9.17) is 9.15 Å². The molecule has 1 N–H and O–H groups in total. The van der Waals surface area contributed by atoms with Crippen molar-refractivity contribution in [2.75, 3.05) is 19.0 Å². The summed E-state index contributed by atoms with van der Waals surface area (Å²) in [5, 5.41) is 8.18. The van der Waals surface area contributed by atoms with Crippen molar-refractivity contribution < 1.29 is 9.15 Å². The number of nitrogens with one attached hydrogen (secondary N) is 1. The van der Waals surface area contributed by atoms with E-state index in [0.29, 0.717) is 6.61 Å². The summed E-state index contributed by atoms with van der Waals surface area (Å²) in [6.45, 7) is 6.86. The van der Waals surface area contributed by atoms with Crippen molar-refractivity contribution in [3.8, 4) is 11.5 Å². The Hall–Kier alpha value is -2.34. The first-order chi connectivity index (χ1) is 11.1. The molecule has 3 aromatic rings. The van der Waals surface area contributed by atoms with Crippen LogP contribution in [0.5, 0.6) is 0 Å². The molecular formula is C17H22N4O2. The molecule has 0 radical (unpaired) electrons. The van der Waals surface area contributed by atoms with Crippen molar-refractivity contribution >= 4 is 11.5 Å². The van der Waals surface area contributed by atoms with Gasteiger partial charge in [-0.25, -0.2) is 4.98 Å². The van der Waals surface area contributed by atoms with Gasteiger partial charge in [0.25, 0.3) is 0 Å². The number of methoxy groups -OCH3 is 1. The molecule has 0 spiro atoms. The van der Waals surface area contributed by atoms with Crippen LogP contribution in [0.1, 0.15) is 25.1 Å². The molecule has 0 fully saturated rings. The summed E-state index contributed by atoms with van der Waals surface area (Å²) in [5.74, 6) is 1.71. The number of anilines is 1. The summed E-state index contributed by atoms with van der Waals surface area (Å²) in [4.78, 5) is 4.68. The molecule has 0 saturated carbocycles. The second-order valence-electron chi connectivity index (χ2n) is 5.66. The van der Waals surface area contributed by atoms with Gasteiger partial charge in [0, 0.05) is 30.5 Å². The van der Waals surface area contributed by atoms with E-state index in [-0.39, 0.29) is 6.04 Å². The van der Waals surface area contributed by atoms with Crippen molar-refractivity contribution in [3.05, 3.63) is 35.7 Å². The number of hydrogen-bond donors (Lipinski definition) is 1. The van der Waals surface area contributed by atoms with Crippen LogP contribution in [0.2, 0.25) is 0 Å². The minimum absolute atomic E-state index is 0.173. The minimum Gasteiger partial charge on any atom is -0.463 e. The molecular weight excluding hydrogens is 292 g/mol. The summed E-state index contributed by atoms with van der Waals surface area (Å²) in [6.07, 6.45) is 2.53. The Morgan fingerprint density at radius 3 is 2.91 bits per heavy atom.